The minimum Gasteiger partial charge on any atom is -0.479 e. The standard InChI is InChI=1S/C9H20O4.C5H8O6/c1-7(11)5-12-9(3)6-13-8(2)4-10;1-11-3(5(9)10)2(6)4(7)8/h7-11H,4-6H2,1-3H3;2-3,6H,1H3,(H,7,8)(H,9,10). The normalized spacial score (nSPS) is 17.0. The van der Waals surface area contributed by atoms with E-state index >= 15 is 0 Å². The van der Waals surface area contributed by atoms with Crippen molar-refractivity contribution in [2.24, 2.45) is 0 Å². The maximum Gasteiger partial charge on any atom is 0.336 e. The summed E-state index contributed by atoms with van der Waals surface area (Å²) in [5.74, 6) is -3.14. The number of rotatable bonds is 11. The van der Waals surface area contributed by atoms with Gasteiger partial charge in [0.25, 0.3) is 0 Å². The monoisotopic (exact) mass is 356 g/mol. The lowest BCUT2D eigenvalue weighted by atomic mass is 10.2. The molecule has 0 saturated carbocycles. The lowest BCUT2D eigenvalue weighted by Crippen LogP contribution is -2.40. The molecule has 0 aromatic heterocycles. The third-order valence-electron chi connectivity index (χ3n) is 2.53. The highest BCUT2D eigenvalue weighted by molar-refractivity contribution is 5.83. The van der Waals surface area contributed by atoms with Gasteiger partial charge in [-0.3, -0.25) is 0 Å². The van der Waals surface area contributed by atoms with Crippen molar-refractivity contribution in [1.82, 2.24) is 0 Å². The Hall–Kier alpha value is -1.30. The van der Waals surface area contributed by atoms with Crippen molar-refractivity contribution in [3.8, 4) is 0 Å². The maximum atomic E-state index is 10.1. The smallest absolute Gasteiger partial charge is 0.336 e. The van der Waals surface area contributed by atoms with Crippen LogP contribution < -0.4 is 0 Å². The van der Waals surface area contributed by atoms with E-state index in [1.807, 2.05) is 6.92 Å². The number of aliphatic hydroxyl groups is 3. The summed E-state index contributed by atoms with van der Waals surface area (Å²) >= 11 is 0. The average molecular weight is 356 g/mol. The number of hydrogen-bond acceptors (Lipinski definition) is 8. The highest BCUT2D eigenvalue weighted by atomic mass is 16.5. The molecule has 0 saturated heterocycles. The molecule has 0 fully saturated rings. The Labute approximate surface area is 140 Å². The van der Waals surface area contributed by atoms with Crippen molar-refractivity contribution in [1.29, 1.82) is 0 Å². The van der Waals surface area contributed by atoms with Crippen molar-refractivity contribution in [3.63, 3.8) is 0 Å². The number of aliphatic hydroxyl groups excluding tert-OH is 3. The number of hydrogen-bond donors (Lipinski definition) is 5. The van der Waals surface area contributed by atoms with Crippen molar-refractivity contribution >= 4 is 11.9 Å². The van der Waals surface area contributed by atoms with Gasteiger partial charge in [0.2, 0.25) is 0 Å². The molecule has 144 valence electrons. The van der Waals surface area contributed by atoms with Gasteiger partial charge in [0.05, 0.1) is 38.1 Å². The Balaban J connectivity index is 0. The predicted molar refractivity (Wildman–Crippen MR) is 81.7 cm³/mol. The van der Waals surface area contributed by atoms with Crippen molar-refractivity contribution in [3.05, 3.63) is 0 Å². The predicted octanol–water partition coefficient (Wildman–Crippen LogP) is -1.30. The summed E-state index contributed by atoms with van der Waals surface area (Å²) in [5, 5.41) is 42.6. The van der Waals surface area contributed by atoms with Gasteiger partial charge in [-0.15, -0.1) is 0 Å². The van der Waals surface area contributed by atoms with Gasteiger partial charge in [-0.25, -0.2) is 9.59 Å². The zero-order valence-corrected chi connectivity index (χ0v) is 14.3. The summed E-state index contributed by atoms with van der Waals surface area (Å²) in [7, 11) is 1.00. The summed E-state index contributed by atoms with van der Waals surface area (Å²) in [6.45, 7) is 6.10. The van der Waals surface area contributed by atoms with E-state index < -0.39 is 30.3 Å². The molecule has 0 aliphatic carbocycles. The van der Waals surface area contributed by atoms with Crippen LogP contribution in [0.4, 0.5) is 0 Å². The molecular weight excluding hydrogens is 328 g/mol. The Bertz CT molecular complexity index is 346. The zero-order chi connectivity index (χ0) is 19.3. The lowest BCUT2D eigenvalue weighted by Gasteiger charge is -2.16. The average Bonchev–Trinajstić information content (AvgIpc) is 2.51. The number of carboxylic acid groups (broad SMARTS) is 2. The van der Waals surface area contributed by atoms with E-state index in [2.05, 4.69) is 4.74 Å². The maximum absolute atomic E-state index is 10.1. The molecule has 0 spiro atoms. The van der Waals surface area contributed by atoms with Crippen LogP contribution in [0.2, 0.25) is 0 Å². The first-order chi connectivity index (χ1) is 11.1. The Morgan fingerprint density at radius 2 is 1.42 bits per heavy atom. The first-order valence-corrected chi connectivity index (χ1v) is 7.25. The van der Waals surface area contributed by atoms with Gasteiger partial charge in [-0.05, 0) is 20.8 Å². The van der Waals surface area contributed by atoms with Crippen LogP contribution in [0.3, 0.4) is 0 Å². The molecule has 0 heterocycles. The molecule has 0 bridgehead atoms. The van der Waals surface area contributed by atoms with E-state index in [9.17, 15) is 9.59 Å². The van der Waals surface area contributed by atoms with Gasteiger partial charge in [-0.2, -0.15) is 0 Å². The molecule has 10 heteroatoms. The third kappa shape index (κ3) is 13.2. The van der Waals surface area contributed by atoms with E-state index in [1.165, 1.54) is 0 Å². The fourth-order valence-corrected chi connectivity index (χ4v) is 1.20. The number of aliphatic carboxylic acids is 2. The van der Waals surface area contributed by atoms with Gasteiger partial charge < -0.3 is 39.7 Å². The van der Waals surface area contributed by atoms with Crippen molar-refractivity contribution < 1.29 is 49.3 Å². The van der Waals surface area contributed by atoms with Gasteiger partial charge >= 0.3 is 11.9 Å². The van der Waals surface area contributed by atoms with Crippen LogP contribution in [0.1, 0.15) is 20.8 Å². The molecule has 0 aromatic carbocycles. The largest absolute Gasteiger partial charge is 0.479 e. The highest BCUT2D eigenvalue weighted by Crippen LogP contribution is 1.98. The lowest BCUT2D eigenvalue weighted by molar-refractivity contribution is -0.168. The second-order valence-electron chi connectivity index (χ2n) is 5.10. The number of methoxy groups -OCH3 is 1. The summed E-state index contributed by atoms with van der Waals surface area (Å²) < 4.78 is 14.7. The molecular formula is C14H28O10. The first-order valence-electron chi connectivity index (χ1n) is 7.25. The quantitative estimate of drug-likeness (QED) is 0.301. The van der Waals surface area contributed by atoms with Crippen molar-refractivity contribution in [2.75, 3.05) is 26.9 Å². The minimum atomic E-state index is -2.03. The fourth-order valence-electron chi connectivity index (χ4n) is 1.20. The Morgan fingerprint density at radius 3 is 1.71 bits per heavy atom. The van der Waals surface area contributed by atoms with Crippen LogP contribution >= 0.6 is 0 Å². The molecule has 5 atom stereocenters. The molecule has 0 aromatic rings. The molecule has 5 unspecified atom stereocenters. The van der Waals surface area contributed by atoms with E-state index in [-0.39, 0.29) is 18.8 Å². The third-order valence-corrected chi connectivity index (χ3v) is 2.53. The van der Waals surface area contributed by atoms with Gasteiger partial charge in [0.1, 0.15) is 0 Å². The summed E-state index contributed by atoms with van der Waals surface area (Å²) in [4.78, 5) is 20.1. The molecule has 5 N–H and O–H groups in total. The van der Waals surface area contributed by atoms with Crippen LogP contribution in [0.25, 0.3) is 0 Å². The van der Waals surface area contributed by atoms with E-state index in [0.29, 0.717) is 13.2 Å². The van der Waals surface area contributed by atoms with Crippen LogP contribution in [0, 0.1) is 0 Å². The molecule has 10 nitrogen and oxygen atoms in total. The van der Waals surface area contributed by atoms with Crippen LogP contribution in [0.5, 0.6) is 0 Å². The van der Waals surface area contributed by atoms with Crippen LogP contribution in [0.15, 0.2) is 0 Å². The van der Waals surface area contributed by atoms with Gasteiger partial charge in [0, 0.05) is 7.11 Å². The highest BCUT2D eigenvalue weighted by Gasteiger charge is 2.31. The van der Waals surface area contributed by atoms with Crippen LogP contribution in [-0.4, -0.2) is 94.9 Å². The zero-order valence-electron chi connectivity index (χ0n) is 14.3. The van der Waals surface area contributed by atoms with Gasteiger partial charge in [-0.1, -0.05) is 0 Å². The fraction of sp³-hybridized carbons (Fsp3) is 0.857. The second kappa shape index (κ2) is 14.1. The minimum absolute atomic E-state index is 0.0170. The van der Waals surface area contributed by atoms with Crippen LogP contribution in [-0.2, 0) is 23.8 Å². The molecule has 0 aliphatic heterocycles. The van der Waals surface area contributed by atoms with Gasteiger partial charge in [0.15, 0.2) is 12.2 Å². The molecule has 0 amide bonds. The summed E-state index contributed by atoms with van der Waals surface area (Å²) in [5.41, 5.74) is 0. The van der Waals surface area contributed by atoms with E-state index in [1.54, 1.807) is 13.8 Å². The summed E-state index contributed by atoms with van der Waals surface area (Å²) in [6, 6.07) is 0. The molecule has 0 radical (unpaired) electrons. The topological polar surface area (TPSA) is 163 Å². The molecule has 0 rings (SSSR count). The SMILES string of the molecule is CC(O)COC(C)COC(C)CO.COC(C(=O)O)C(O)C(=O)O. The van der Waals surface area contributed by atoms with Crippen molar-refractivity contribution in [2.45, 2.75) is 51.3 Å². The van der Waals surface area contributed by atoms with E-state index in [0.717, 1.165) is 7.11 Å². The number of carbonyl (C=O) groups is 2. The Morgan fingerprint density at radius 1 is 0.917 bits per heavy atom. The number of ether oxygens (including phenoxy) is 3. The second-order valence-corrected chi connectivity index (χ2v) is 5.10. The summed E-state index contributed by atoms with van der Waals surface area (Å²) in [6.07, 6.45) is -4.40. The van der Waals surface area contributed by atoms with E-state index in [4.69, 9.17) is 35.0 Å². The first kappa shape index (κ1) is 24.9. The number of carboxylic acids is 2. The Kier molecular flexibility index (Phi) is 14.6. The molecule has 24 heavy (non-hydrogen) atoms. The molecule has 0 aliphatic rings.